The van der Waals surface area contributed by atoms with Crippen LogP contribution in [0, 0.1) is 132 Å². The van der Waals surface area contributed by atoms with Crippen molar-refractivity contribution in [2.45, 2.75) is 132 Å². The molecule has 0 unspecified atom stereocenters. The molecule has 12 rings (SSSR count). The van der Waals surface area contributed by atoms with Crippen LogP contribution in [0.5, 0.6) is 0 Å². The Balaban J connectivity index is 0.000000442. The van der Waals surface area contributed by atoms with Crippen LogP contribution in [-0.2, 0) is 14.1 Å². The van der Waals surface area contributed by atoms with Gasteiger partial charge >= 0.3 is 0 Å². The summed E-state index contributed by atoms with van der Waals surface area (Å²) in [4.78, 5) is 2.61. The Morgan fingerprint density at radius 2 is 1.10 bits per heavy atom. The molecule has 81 heavy (non-hydrogen) atoms. The summed E-state index contributed by atoms with van der Waals surface area (Å²) in [5, 5.41) is 25.2. The lowest BCUT2D eigenvalue weighted by Gasteiger charge is -1.96. The van der Waals surface area contributed by atoms with E-state index >= 15 is 0 Å². The zero-order valence-electron chi connectivity index (χ0n) is 50.9. The molecule has 0 aliphatic heterocycles. The van der Waals surface area contributed by atoms with Crippen LogP contribution in [0.3, 0.4) is 0 Å². The molecule has 438 valence electrons. The lowest BCUT2D eigenvalue weighted by Crippen LogP contribution is -1.91. The van der Waals surface area contributed by atoms with Crippen molar-refractivity contribution in [3.8, 4) is 0 Å². The average Bonchev–Trinajstić information content (AvgIpc) is 4.23. The lowest BCUT2D eigenvalue weighted by atomic mass is 10.3. The van der Waals surface area contributed by atoms with E-state index in [0.717, 1.165) is 62.6 Å². The SMILES string of the molecule is Cc1cc(C)n(C)c1.Cc1cc(C)on1.Cc1cc(C)on1.Cc1cc(C)sn1.Cc1ccc(C)n1C.Cc1ccno1.Cc1ccon1.Cc1ccsn1.Cc1cnoc1.Cc1cnoc1C.Cc1cnsc1.Cc1cnsc1C. The summed E-state index contributed by atoms with van der Waals surface area (Å²) in [6.07, 6.45) is 14.0. The van der Waals surface area contributed by atoms with Crippen molar-refractivity contribution in [2.24, 2.45) is 14.1 Å². The molecule has 0 bridgehead atoms. The molecular formula is C59H82N12O6S4. The first-order chi connectivity index (χ1) is 38.4. The van der Waals surface area contributed by atoms with Gasteiger partial charge in [-0.2, -0.15) is 8.75 Å². The molecule has 0 aliphatic rings. The Labute approximate surface area is 494 Å². The van der Waals surface area contributed by atoms with E-state index in [4.69, 9.17) is 13.6 Å². The van der Waals surface area contributed by atoms with E-state index in [1.54, 1.807) is 66.3 Å². The van der Waals surface area contributed by atoms with Crippen molar-refractivity contribution in [1.29, 1.82) is 0 Å². The van der Waals surface area contributed by atoms with Gasteiger partial charge in [-0.3, -0.25) is 0 Å². The van der Waals surface area contributed by atoms with Gasteiger partial charge in [0, 0.05) is 106 Å². The Bertz CT molecular complexity index is 2860. The maximum absolute atomic E-state index is 4.71. The average molecular weight is 1180 g/mol. The monoisotopic (exact) mass is 1180 g/mol. The minimum Gasteiger partial charge on any atom is -0.365 e. The fourth-order valence-electron chi connectivity index (χ4n) is 5.13. The highest BCUT2D eigenvalue weighted by molar-refractivity contribution is 7.06. The first-order valence-electron chi connectivity index (χ1n) is 25.3. The highest BCUT2D eigenvalue weighted by Gasteiger charge is 1.94. The number of hydrogen-bond donors (Lipinski definition) is 0. The second-order valence-electron chi connectivity index (χ2n) is 18.1. The van der Waals surface area contributed by atoms with Gasteiger partial charge in [0.1, 0.15) is 35.6 Å². The molecule has 12 heterocycles. The molecule has 0 aromatic carbocycles. The van der Waals surface area contributed by atoms with E-state index in [1.807, 2.05) is 124 Å². The van der Waals surface area contributed by atoms with E-state index < -0.39 is 0 Å². The van der Waals surface area contributed by atoms with Gasteiger partial charge in [0.05, 0.1) is 47.1 Å². The van der Waals surface area contributed by atoms with Gasteiger partial charge in [-0.15, -0.1) is 0 Å². The van der Waals surface area contributed by atoms with E-state index in [-0.39, 0.29) is 0 Å². The Morgan fingerprint density at radius 1 is 0.444 bits per heavy atom. The van der Waals surface area contributed by atoms with Crippen molar-refractivity contribution in [3.05, 3.63) is 221 Å². The normalized spacial score (nSPS) is 9.30. The fourth-order valence-corrected chi connectivity index (χ4v) is 7.32. The molecular weight excluding hydrogens is 1100 g/mol. The van der Waals surface area contributed by atoms with Crippen molar-refractivity contribution < 1.29 is 27.1 Å². The van der Waals surface area contributed by atoms with Crippen molar-refractivity contribution in [3.63, 3.8) is 0 Å². The maximum Gasteiger partial charge on any atom is 0.136 e. The number of aryl methyl sites for hydroxylation is 20. The molecule has 0 atom stereocenters. The highest BCUT2D eigenvalue weighted by atomic mass is 32.1. The summed E-state index contributed by atoms with van der Waals surface area (Å²) < 4.78 is 47.8. The zero-order valence-corrected chi connectivity index (χ0v) is 54.2. The summed E-state index contributed by atoms with van der Waals surface area (Å²) in [5.41, 5.74) is 15.1. The van der Waals surface area contributed by atoms with Gasteiger partial charge in [0.25, 0.3) is 0 Å². The van der Waals surface area contributed by atoms with E-state index in [2.05, 4.69) is 164 Å². The third-order valence-corrected chi connectivity index (χ3v) is 13.0. The maximum atomic E-state index is 4.71. The van der Waals surface area contributed by atoms with Crippen LogP contribution in [-0.4, -0.2) is 57.6 Å². The van der Waals surface area contributed by atoms with Gasteiger partial charge in [0.2, 0.25) is 0 Å². The Hall–Kier alpha value is -7.66. The van der Waals surface area contributed by atoms with Crippen LogP contribution in [0.4, 0.5) is 0 Å². The molecule has 0 fully saturated rings. The summed E-state index contributed by atoms with van der Waals surface area (Å²) >= 11 is 6.09. The second-order valence-corrected chi connectivity index (χ2v) is 21.5. The number of hydrogen-bond acceptors (Lipinski definition) is 20. The van der Waals surface area contributed by atoms with E-state index in [9.17, 15) is 0 Å². The summed E-state index contributed by atoms with van der Waals surface area (Å²) in [7, 11) is 4.13. The first-order valence-corrected chi connectivity index (χ1v) is 28.6. The molecule has 0 aliphatic carbocycles. The van der Waals surface area contributed by atoms with Crippen LogP contribution in [0.2, 0.25) is 0 Å². The highest BCUT2D eigenvalue weighted by Crippen LogP contribution is 2.09. The number of aromatic nitrogens is 12. The van der Waals surface area contributed by atoms with Gasteiger partial charge in [-0.05, 0) is 225 Å². The molecule has 12 aromatic heterocycles. The second kappa shape index (κ2) is 41.4. The van der Waals surface area contributed by atoms with Crippen LogP contribution in [0.25, 0.3) is 0 Å². The van der Waals surface area contributed by atoms with Crippen LogP contribution in [0.15, 0.2) is 142 Å². The minimum absolute atomic E-state index is 0.856. The molecule has 0 saturated heterocycles. The van der Waals surface area contributed by atoms with Gasteiger partial charge < -0.3 is 36.3 Å². The summed E-state index contributed by atoms with van der Waals surface area (Å²) in [6, 6.07) is 17.9. The van der Waals surface area contributed by atoms with Crippen LogP contribution < -0.4 is 0 Å². The smallest absolute Gasteiger partial charge is 0.136 e. The minimum atomic E-state index is 0.856. The van der Waals surface area contributed by atoms with Crippen molar-refractivity contribution in [2.75, 3.05) is 0 Å². The molecule has 0 radical (unpaired) electrons. The van der Waals surface area contributed by atoms with E-state index in [1.165, 1.54) is 66.6 Å². The zero-order chi connectivity index (χ0) is 60.7. The number of rotatable bonds is 0. The molecule has 12 aromatic rings. The third-order valence-electron chi connectivity index (χ3n) is 10.0. The Kier molecular flexibility index (Phi) is 36.4. The topological polar surface area (TPSA) is 218 Å². The standard InChI is InChI=1S/2C7H11N.3C5H7NO.2C5H7NS.3C4H5NO.2C4H5NS/c1-6-4-7(2)8(3)5-6;1-6-4-5-7(2)8(6)3;1-4-3-6-7-5(4)2;2*1-4-3-5(2)7-6-4;1-4-3-6-7-5(4)2;1-4-3-5(2)7-6-4;1-4-2-5-6-3-4;1-4-2-3-6-5-4;1-4-2-3-5-6-4;1-4-2-5-6-3-4;1-4-2-3-6-5-4/h2*4-5H,1-3H3;5*3H,1-2H3;5*2-3H,1H3. The van der Waals surface area contributed by atoms with Gasteiger partial charge in [0.15, 0.2) is 0 Å². The predicted octanol–water partition coefficient (Wildman–Crippen LogP) is 16.5. The fraction of sp³-hybridized carbons (Fsp3) is 0.356. The quantitative estimate of drug-likeness (QED) is 0.138. The first kappa shape index (κ1) is 71.4. The van der Waals surface area contributed by atoms with Crippen molar-refractivity contribution >= 4 is 46.1 Å². The lowest BCUT2D eigenvalue weighted by molar-refractivity contribution is 0.393. The molecule has 0 saturated carbocycles. The largest absolute Gasteiger partial charge is 0.365 e. The summed E-state index contributed by atoms with van der Waals surface area (Å²) in [5.74, 6) is 3.50. The molecule has 0 N–H and O–H groups in total. The van der Waals surface area contributed by atoms with Crippen LogP contribution in [0.1, 0.15) is 106 Å². The predicted molar refractivity (Wildman–Crippen MR) is 328 cm³/mol. The molecule has 0 amide bonds. The number of nitrogens with zero attached hydrogens (tertiary/aromatic N) is 12. The molecule has 22 heteroatoms. The summed E-state index contributed by atoms with van der Waals surface area (Å²) in [6.45, 7) is 37.7. The van der Waals surface area contributed by atoms with Gasteiger partial charge in [-0.1, -0.05) is 30.9 Å². The Morgan fingerprint density at radius 3 is 1.23 bits per heavy atom. The van der Waals surface area contributed by atoms with Crippen LogP contribution >= 0.6 is 46.1 Å². The third kappa shape index (κ3) is 36.3. The molecule has 0 spiro atoms. The molecule has 18 nitrogen and oxygen atoms in total. The van der Waals surface area contributed by atoms with E-state index in [0.29, 0.717) is 0 Å². The van der Waals surface area contributed by atoms with Crippen molar-refractivity contribution in [1.82, 2.24) is 57.6 Å². The van der Waals surface area contributed by atoms with Gasteiger partial charge in [-0.25, -0.2) is 8.75 Å².